The molecule has 5 unspecified atom stereocenters. The number of rotatable bonds is 12. The molecule has 14 heteroatoms. The van der Waals surface area contributed by atoms with E-state index >= 15 is 4.39 Å². The van der Waals surface area contributed by atoms with Crippen molar-refractivity contribution in [2.45, 2.75) is 70.1 Å². The Balaban J connectivity index is 1.03. The van der Waals surface area contributed by atoms with Crippen molar-refractivity contribution in [1.82, 2.24) is 40.0 Å². The normalized spacial score (nSPS) is 20.5. The Labute approximate surface area is 330 Å². The van der Waals surface area contributed by atoms with Gasteiger partial charge in [0, 0.05) is 12.8 Å². The first-order valence-electron chi connectivity index (χ1n) is 19.4. The Hall–Kier alpha value is -5.89. The molecule has 2 saturated heterocycles. The quantitative estimate of drug-likeness (QED) is 0.122. The summed E-state index contributed by atoms with van der Waals surface area (Å²) in [6.45, 7) is 6.89. The summed E-state index contributed by atoms with van der Waals surface area (Å²) in [6.07, 6.45) is 0.584. The lowest BCUT2D eigenvalue weighted by atomic mass is 10.0. The molecular weight excluding hydrogens is 731 g/mol. The van der Waals surface area contributed by atoms with Crippen molar-refractivity contribution >= 4 is 17.9 Å². The first-order valence-corrected chi connectivity index (χ1v) is 19.4. The number of carbonyl (C=O) groups excluding carboxylic acids is 3. The predicted octanol–water partition coefficient (Wildman–Crippen LogP) is 7.18. The molecule has 0 radical (unpaired) electrons. The highest BCUT2D eigenvalue weighted by atomic mass is 19.1. The number of aromatic nitrogens is 4. The number of alkyl halides is 2. The number of ether oxygens (including phenoxy) is 1. The molecule has 298 valence electrons. The number of benzene rings is 3. The van der Waals surface area contributed by atoms with Crippen LogP contribution in [0.5, 0.6) is 0 Å². The number of likely N-dealkylation sites (N-methyl/N-ethyl adjacent to an activating group) is 1. The van der Waals surface area contributed by atoms with E-state index in [9.17, 15) is 18.8 Å². The highest BCUT2D eigenvalue weighted by molar-refractivity contribution is 5.86. The first kappa shape index (κ1) is 39.3. The smallest absolute Gasteiger partial charge is 0.407 e. The van der Waals surface area contributed by atoms with E-state index in [1.807, 2.05) is 92.7 Å². The van der Waals surface area contributed by atoms with Gasteiger partial charge in [0.2, 0.25) is 11.8 Å². The Morgan fingerprint density at radius 2 is 1.21 bits per heavy atom. The van der Waals surface area contributed by atoms with Crippen molar-refractivity contribution in [3.8, 4) is 33.6 Å². The van der Waals surface area contributed by atoms with Gasteiger partial charge in [-0.15, -0.1) is 0 Å². The van der Waals surface area contributed by atoms with Crippen molar-refractivity contribution in [2.24, 2.45) is 0 Å². The molecule has 3 aromatic carbocycles. The van der Waals surface area contributed by atoms with E-state index in [1.165, 1.54) is 18.9 Å². The first-order chi connectivity index (χ1) is 27.6. The monoisotopic (exact) mass is 778 g/mol. The van der Waals surface area contributed by atoms with E-state index in [0.717, 1.165) is 39.2 Å². The fraction of sp³-hybridized carbons (Fsp3) is 0.372. The second-order valence-electron chi connectivity index (χ2n) is 14.6. The molecule has 3 amide bonds. The maximum absolute atomic E-state index is 15.0. The number of nitrogens with zero attached hydrogens (tertiary/aromatic N) is 5. The van der Waals surface area contributed by atoms with Crippen molar-refractivity contribution in [3.63, 3.8) is 0 Å². The van der Waals surface area contributed by atoms with Gasteiger partial charge in [0.15, 0.2) is 0 Å². The van der Waals surface area contributed by atoms with Crippen LogP contribution in [0.4, 0.5) is 13.6 Å². The summed E-state index contributed by atoms with van der Waals surface area (Å²) in [6, 6.07) is 23.1. The minimum absolute atomic E-state index is 0.0237. The number of halogens is 2. The number of aromatic amines is 2. The fourth-order valence-electron chi connectivity index (χ4n) is 8.00. The Bertz CT molecular complexity index is 2160. The third-order valence-corrected chi connectivity index (χ3v) is 11.0. The van der Waals surface area contributed by atoms with Crippen molar-refractivity contribution in [1.29, 1.82) is 0 Å². The molecule has 0 aliphatic carbocycles. The van der Waals surface area contributed by atoms with Crippen LogP contribution < -0.4 is 5.32 Å². The predicted molar refractivity (Wildman–Crippen MR) is 212 cm³/mol. The van der Waals surface area contributed by atoms with E-state index in [2.05, 4.69) is 34.9 Å². The van der Waals surface area contributed by atoms with E-state index in [0.29, 0.717) is 24.7 Å². The summed E-state index contributed by atoms with van der Waals surface area (Å²) in [5.41, 5.74) is 6.15. The largest absolute Gasteiger partial charge is 0.453 e. The molecule has 3 N–H and O–H groups in total. The zero-order valence-corrected chi connectivity index (χ0v) is 32.5. The highest BCUT2D eigenvalue weighted by Gasteiger charge is 2.42. The van der Waals surface area contributed by atoms with Crippen molar-refractivity contribution in [3.05, 3.63) is 108 Å². The third-order valence-electron chi connectivity index (χ3n) is 11.0. The maximum atomic E-state index is 15.0. The minimum atomic E-state index is -1.22. The SMILES string of the molecule is CCN(CC)C(C(=O)N1CC(F)CC1c1ncc(-c2ccc(-c3ccc(-c4cnc(C5CC(F)CN5C(=O)[C@H](C)NC(=O)OC)[nH]4)cc3)cc2)[nH]1)c1ccccc1. The van der Waals surface area contributed by atoms with E-state index in [1.54, 1.807) is 17.3 Å². The van der Waals surface area contributed by atoms with Gasteiger partial charge in [-0.25, -0.2) is 23.5 Å². The van der Waals surface area contributed by atoms with Gasteiger partial charge in [0.1, 0.15) is 36.1 Å². The van der Waals surface area contributed by atoms with Gasteiger partial charge in [-0.1, -0.05) is 92.7 Å². The van der Waals surface area contributed by atoms with Gasteiger partial charge in [0.05, 0.1) is 56.1 Å². The third kappa shape index (κ3) is 8.31. The van der Waals surface area contributed by atoms with Gasteiger partial charge < -0.3 is 29.8 Å². The second kappa shape index (κ2) is 17.1. The Morgan fingerprint density at radius 3 is 1.67 bits per heavy atom. The fourth-order valence-corrected chi connectivity index (χ4v) is 8.00. The number of hydrogen-bond acceptors (Lipinski definition) is 7. The molecule has 57 heavy (non-hydrogen) atoms. The molecule has 0 spiro atoms. The molecule has 0 saturated carbocycles. The number of H-pyrrole nitrogens is 2. The van der Waals surface area contributed by atoms with E-state index in [4.69, 9.17) is 0 Å². The van der Waals surface area contributed by atoms with Crippen LogP contribution in [0.15, 0.2) is 91.3 Å². The second-order valence-corrected chi connectivity index (χ2v) is 14.6. The summed E-state index contributed by atoms with van der Waals surface area (Å²) in [5.74, 6) is 0.489. The molecule has 4 heterocycles. The van der Waals surface area contributed by atoms with Crippen LogP contribution in [-0.4, -0.2) is 104 Å². The topological polar surface area (TPSA) is 140 Å². The summed E-state index contributed by atoms with van der Waals surface area (Å²) < 4.78 is 34.2. The Kier molecular flexibility index (Phi) is 11.8. The zero-order valence-electron chi connectivity index (χ0n) is 32.5. The Morgan fingerprint density at radius 1 is 0.754 bits per heavy atom. The molecule has 6 atom stereocenters. The molecule has 2 aliphatic heterocycles. The number of alkyl carbamates (subject to hydrolysis) is 1. The standard InChI is InChI=1S/C43H48F2N8O4/c1-5-51(6-2)38(31-10-8-7-9-11-31)42(55)53-25-33(45)21-37(53)40-47-23-35(50-40)30-18-14-28(15-19-30)27-12-16-29(17-13-27)34-22-46-39(49-34)36-20-32(44)24-52(36)41(54)26(3)48-43(56)57-4/h7-19,22-23,26,32-33,36-38H,5-6,20-21,24-25H2,1-4H3,(H,46,49)(H,47,50)(H,48,56)/t26-,32?,33?,36?,37?,38?/m0/s1. The molecule has 5 aromatic rings. The van der Waals surface area contributed by atoms with E-state index < -0.39 is 48.5 Å². The zero-order chi connectivity index (χ0) is 40.2. The van der Waals surface area contributed by atoms with E-state index in [-0.39, 0.29) is 31.8 Å². The van der Waals surface area contributed by atoms with Crippen LogP contribution in [0.1, 0.15) is 69.0 Å². The number of amides is 3. The number of methoxy groups -OCH3 is 1. The lowest BCUT2D eigenvalue weighted by molar-refractivity contribution is -0.138. The maximum Gasteiger partial charge on any atom is 0.407 e. The van der Waals surface area contributed by atoms with Gasteiger partial charge in [-0.05, 0) is 47.8 Å². The van der Waals surface area contributed by atoms with Gasteiger partial charge >= 0.3 is 6.09 Å². The number of nitrogens with one attached hydrogen (secondary N) is 3. The van der Waals surface area contributed by atoms with Crippen LogP contribution >= 0.6 is 0 Å². The van der Waals surface area contributed by atoms with Gasteiger partial charge in [-0.2, -0.15) is 0 Å². The summed E-state index contributed by atoms with van der Waals surface area (Å²) in [7, 11) is 1.21. The van der Waals surface area contributed by atoms with Crippen LogP contribution in [-0.2, 0) is 14.3 Å². The summed E-state index contributed by atoms with van der Waals surface area (Å²) in [5, 5.41) is 2.45. The minimum Gasteiger partial charge on any atom is -0.453 e. The number of likely N-dealkylation sites (tertiary alicyclic amines) is 2. The van der Waals surface area contributed by atoms with Crippen LogP contribution in [0.2, 0.25) is 0 Å². The summed E-state index contributed by atoms with van der Waals surface area (Å²) in [4.78, 5) is 59.9. The highest BCUT2D eigenvalue weighted by Crippen LogP contribution is 2.38. The number of hydrogen-bond donors (Lipinski definition) is 3. The van der Waals surface area contributed by atoms with Gasteiger partial charge in [-0.3, -0.25) is 14.5 Å². The molecule has 0 bridgehead atoms. The number of imidazole rings is 2. The lowest BCUT2D eigenvalue weighted by Gasteiger charge is -2.34. The average molecular weight is 779 g/mol. The van der Waals surface area contributed by atoms with Crippen molar-refractivity contribution < 1.29 is 27.9 Å². The van der Waals surface area contributed by atoms with Crippen LogP contribution in [0, 0.1) is 0 Å². The number of carbonyl (C=O) groups is 3. The van der Waals surface area contributed by atoms with Crippen molar-refractivity contribution in [2.75, 3.05) is 33.3 Å². The lowest BCUT2D eigenvalue weighted by Crippen LogP contribution is -2.47. The molecule has 2 fully saturated rings. The molecule has 7 rings (SSSR count). The molecule has 2 aliphatic rings. The van der Waals surface area contributed by atoms with Crippen LogP contribution in [0.3, 0.4) is 0 Å². The molecule has 2 aromatic heterocycles. The average Bonchev–Trinajstić information content (AvgIpc) is 4.06. The summed E-state index contributed by atoms with van der Waals surface area (Å²) >= 11 is 0. The molecular formula is C43H48F2N8O4. The van der Waals surface area contributed by atoms with Gasteiger partial charge in [0.25, 0.3) is 0 Å². The molecule has 12 nitrogen and oxygen atoms in total. The van der Waals surface area contributed by atoms with Crippen LogP contribution in [0.25, 0.3) is 33.6 Å².